The molecule has 1 heterocycles. The molecule has 1 N–H and O–H groups in total. The Morgan fingerprint density at radius 1 is 1.38 bits per heavy atom. The van der Waals surface area contributed by atoms with Gasteiger partial charge < -0.3 is 10.1 Å². The van der Waals surface area contributed by atoms with Gasteiger partial charge in [0.05, 0.1) is 19.6 Å². The van der Waals surface area contributed by atoms with E-state index in [0.29, 0.717) is 16.3 Å². The summed E-state index contributed by atoms with van der Waals surface area (Å²) in [7, 11) is 1.28. The Hall–Kier alpha value is -2.12. The smallest absolute Gasteiger partial charge is 0.307 e. The first-order valence-corrected chi connectivity index (χ1v) is 8.43. The lowest BCUT2D eigenvalue weighted by Gasteiger charge is -2.19. The maximum Gasteiger partial charge on any atom is 0.307 e. The molecule has 0 aliphatic rings. The molecule has 0 aliphatic carbocycles. The van der Waals surface area contributed by atoms with Crippen molar-refractivity contribution in [3.05, 3.63) is 55.6 Å². The molecule has 1 aromatic heterocycles. The van der Waals surface area contributed by atoms with E-state index >= 15 is 0 Å². The van der Waals surface area contributed by atoms with Crippen LogP contribution in [0.25, 0.3) is 0 Å². The molecule has 1 atom stereocenters. The number of ether oxygens (including phenoxy) is 1. The van der Waals surface area contributed by atoms with Crippen molar-refractivity contribution < 1.29 is 14.3 Å². The van der Waals surface area contributed by atoms with Crippen LogP contribution in [-0.2, 0) is 20.9 Å². The van der Waals surface area contributed by atoms with Crippen molar-refractivity contribution in [2.24, 2.45) is 0 Å². The van der Waals surface area contributed by atoms with Crippen LogP contribution in [0.4, 0.5) is 0 Å². The van der Waals surface area contributed by atoms with Gasteiger partial charge in [-0.05, 0) is 18.6 Å². The summed E-state index contributed by atoms with van der Waals surface area (Å²) in [5.74, 6) is -0.850. The molecule has 0 bridgehead atoms. The monoisotopic (exact) mass is 368 g/mol. The minimum absolute atomic E-state index is 0.0521. The Morgan fingerprint density at radius 3 is 2.67 bits per heavy atom. The number of hydrogen-bond donors (Lipinski definition) is 1. The second kappa shape index (κ2) is 8.12. The Morgan fingerprint density at radius 2 is 2.08 bits per heavy atom. The molecule has 1 amide bonds. The van der Waals surface area contributed by atoms with E-state index in [2.05, 4.69) is 10.1 Å². The molecule has 2 rings (SSSR count). The predicted molar refractivity (Wildman–Crippen MR) is 92.3 cm³/mol. The highest BCUT2D eigenvalue weighted by Crippen LogP contribution is 2.25. The SMILES string of the molecule is COC(=O)CC(NC(=O)Cn1c(C)csc1=O)c1ccccc1Cl. The molecule has 1 unspecified atom stereocenters. The third-order valence-electron chi connectivity index (χ3n) is 3.49. The molecular formula is C16H17ClN2O4S. The van der Waals surface area contributed by atoms with Gasteiger partial charge in [0, 0.05) is 16.1 Å². The molecule has 1 aromatic carbocycles. The molecule has 24 heavy (non-hydrogen) atoms. The first kappa shape index (κ1) is 18.2. The van der Waals surface area contributed by atoms with Crippen molar-refractivity contribution >= 4 is 34.8 Å². The van der Waals surface area contributed by atoms with Crippen LogP contribution in [0, 0.1) is 6.92 Å². The number of methoxy groups -OCH3 is 1. The van der Waals surface area contributed by atoms with Crippen LogP contribution in [0.15, 0.2) is 34.4 Å². The number of nitrogens with one attached hydrogen (secondary N) is 1. The highest BCUT2D eigenvalue weighted by Gasteiger charge is 2.21. The third-order valence-corrected chi connectivity index (χ3v) is 4.72. The van der Waals surface area contributed by atoms with Gasteiger partial charge in [-0.2, -0.15) is 0 Å². The number of amides is 1. The lowest BCUT2D eigenvalue weighted by Crippen LogP contribution is -2.35. The Balaban J connectivity index is 2.19. The van der Waals surface area contributed by atoms with Gasteiger partial charge in [-0.15, -0.1) is 0 Å². The minimum atomic E-state index is -0.631. The lowest BCUT2D eigenvalue weighted by atomic mass is 10.0. The summed E-state index contributed by atoms with van der Waals surface area (Å²) in [6, 6.07) is 6.31. The van der Waals surface area contributed by atoms with Gasteiger partial charge in [0.2, 0.25) is 5.91 Å². The molecule has 0 spiro atoms. The first-order chi connectivity index (χ1) is 11.4. The van der Waals surface area contributed by atoms with Crippen LogP contribution in [0.1, 0.15) is 23.7 Å². The van der Waals surface area contributed by atoms with E-state index < -0.39 is 12.0 Å². The summed E-state index contributed by atoms with van der Waals surface area (Å²) in [6.45, 7) is 1.64. The molecule has 0 aliphatic heterocycles. The van der Waals surface area contributed by atoms with Crippen molar-refractivity contribution in [2.75, 3.05) is 7.11 Å². The highest BCUT2D eigenvalue weighted by atomic mass is 35.5. The molecular weight excluding hydrogens is 352 g/mol. The van der Waals surface area contributed by atoms with Crippen LogP contribution in [0.3, 0.4) is 0 Å². The lowest BCUT2D eigenvalue weighted by molar-refractivity contribution is -0.141. The van der Waals surface area contributed by atoms with E-state index in [1.54, 1.807) is 36.6 Å². The number of esters is 1. The number of carbonyl (C=O) groups excluding carboxylic acids is 2. The van der Waals surface area contributed by atoms with E-state index in [4.69, 9.17) is 11.6 Å². The minimum Gasteiger partial charge on any atom is -0.469 e. The maximum atomic E-state index is 12.3. The number of thiazole rings is 1. The van der Waals surface area contributed by atoms with E-state index in [-0.39, 0.29) is 23.7 Å². The van der Waals surface area contributed by atoms with Gasteiger partial charge in [-0.25, -0.2) is 0 Å². The van der Waals surface area contributed by atoms with Gasteiger partial charge in [-0.3, -0.25) is 19.0 Å². The zero-order chi connectivity index (χ0) is 17.7. The molecule has 0 saturated heterocycles. The standard InChI is InChI=1S/C16H17ClN2O4S/c1-10-9-24-16(22)19(10)8-14(20)18-13(7-15(21)23-2)11-5-3-4-6-12(11)17/h3-6,9,13H,7-8H2,1-2H3,(H,18,20). The van der Waals surface area contributed by atoms with E-state index in [9.17, 15) is 14.4 Å². The van der Waals surface area contributed by atoms with Crippen molar-refractivity contribution in [1.82, 2.24) is 9.88 Å². The fourth-order valence-electron chi connectivity index (χ4n) is 2.23. The Bertz CT molecular complexity index is 799. The van der Waals surface area contributed by atoms with Crippen LogP contribution in [-0.4, -0.2) is 23.6 Å². The largest absolute Gasteiger partial charge is 0.469 e. The molecule has 0 radical (unpaired) electrons. The van der Waals surface area contributed by atoms with Gasteiger partial charge in [0.15, 0.2) is 0 Å². The number of aromatic nitrogens is 1. The van der Waals surface area contributed by atoms with Crippen LogP contribution >= 0.6 is 22.9 Å². The number of hydrogen-bond acceptors (Lipinski definition) is 5. The Labute approximate surface area is 148 Å². The number of halogens is 1. The van der Waals surface area contributed by atoms with Gasteiger partial charge in [0.1, 0.15) is 6.54 Å². The van der Waals surface area contributed by atoms with Crippen LogP contribution < -0.4 is 10.2 Å². The first-order valence-electron chi connectivity index (χ1n) is 7.18. The predicted octanol–water partition coefficient (Wildman–Crippen LogP) is 2.29. The summed E-state index contributed by atoms with van der Waals surface area (Å²) in [6.07, 6.45) is -0.0521. The average molecular weight is 369 g/mol. The fourth-order valence-corrected chi connectivity index (χ4v) is 3.23. The summed E-state index contributed by atoms with van der Waals surface area (Å²) in [5.41, 5.74) is 1.33. The number of nitrogens with zero attached hydrogens (tertiary/aromatic N) is 1. The summed E-state index contributed by atoms with van der Waals surface area (Å²) >= 11 is 7.20. The quantitative estimate of drug-likeness (QED) is 0.793. The molecule has 8 heteroatoms. The summed E-state index contributed by atoms with van der Waals surface area (Å²) < 4.78 is 6.06. The summed E-state index contributed by atoms with van der Waals surface area (Å²) in [5, 5.41) is 4.88. The second-order valence-electron chi connectivity index (χ2n) is 5.15. The Kier molecular flexibility index (Phi) is 6.16. The van der Waals surface area contributed by atoms with Crippen molar-refractivity contribution in [3.8, 4) is 0 Å². The van der Waals surface area contributed by atoms with Crippen molar-refractivity contribution in [2.45, 2.75) is 25.9 Å². The van der Waals surface area contributed by atoms with Gasteiger partial charge >= 0.3 is 10.8 Å². The highest BCUT2D eigenvalue weighted by molar-refractivity contribution is 7.07. The molecule has 2 aromatic rings. The van der Waals surface area contributed by atoms with Gasteiger partial charge in [-0.1, -0.05) is 41.1 Å². The maximum absolute atomic E-state index is 12.3. The number of carbonyl (C=O) groups is 2. The molecule has 6 nitrogen and oxygen atoms in total. The second-order valence-corrected chi connectivity index (χ2v) is 6.38. The normalized spacial score (nSPS) is 11.8. The van der Waals surface area contributed by atoms with Gasteiger partial charge in [0.25, 0.3) is 0 Å². The van der Waals surface area contributed by atoms with E-state index in [1.165, 1.54) is 11.7 Å². The van der Waals surface area contributed by atoms with Crippen molar-refractivity contribution in [1.29, 1.82) is 0 Å². The third kappa shape index (κ3) is 4.46. The fraction of sp³-hybridized carbons (Fsp3) is 0.312. The molecule has 0 fully saturated rings. The number of benzene rings is 1. The molecule has 128 valence electrons. The molecule has 0 saturated carbocycles. The summed E-state index contributed by atoms with van der Waals surface area (Å²) in [4.78, 5) is 35.5. The van der Waals surface area contributed by atoms with Crippen LogP contribution in [0.2, 0.25) is 5.02 Å². The van der Waals surface area contributed by atoms with E-state index in [0.717, 1.165) is 11.3 Å². The number of aryl methyl sites for hydroxylation is 1. The zero-order valence-corrected chi connectivity index (χ0v) is 14.8. The zero-order valence-electron chi connectivity index (χ0n) is 13.2. The van der Waals surface area contributed by atoms with Crippen LogP contribution in [0.5, 0.6) is 0 Å². The number of rotatable bonds is 6. The average Bonchev–Trinajstić information content (AvgIpc) is 2.86. The van der Waals surface area contributed by atoms with Crippen molar-refractivity contribution in [3.63, 3.8) is 0 Å². The van der Waals surface area contributed by atoms with E-state index in [1.807, 2.05) is 0 Å². The topological polar surface area (TPSA) is 77.4 Å².